The van der Waals surface area contributed by atoms with Crippen molar-refractivity contribution in [2.24, 2.45) is 17.6 Å². The lowest BCUT2D eigenvalue weighted by molar-refractivity contribution is 0.425. The molecule has 1 aromatic rings. The molecule has 0 aliphatic carbocycles. The first-order valence-corrected chi connectivity index (χ1v) is 5.81. The van der Waals surface area contributed by atoms with Gasteiger partial charge < -0.3 is 10.3 Å². The van der Waals surface area contributed by atoms with Crippen LogP contribution < -0.4 is 5.73 Å². The number of hydrogen-bond donors (Lipinski definition) is 1. The molecule has 0 aliphatic rings. The van der Waals surface area contributed by atoms with E-state index < -0.39 is 0 Å². The number of aromatic nitrogens is 2. The van der Waals surface area contributed by atoms with E-state index in [1.807, 2.05) is 12.5 Å². The molecular weight excluding hydrogens is 186 g/mol. The van der Waals surface area contributed by atoms with Crippen molar-refractivity contribution >= 4 is 0 Å². The van der Waals surface area contributed by atoms with Crippen molar-refractivity contribution in [2.45, 2.75) is 46.7 Å². The van der Waals surface area contributed by atoms with Crippen LogP contribution in [-0.2, 0) is 6.54 Å². The highest BCUT2D eigenvalue weighted by atomic mass is 15.1. The zero-order chi connectivity index (χ0) is 11.4. The number of imidazole rings is 1. The molecule has 0 aromatic carbocycles. The molecule has 0 amide bonds. The van der Waals surface area contributed by atoms with Crippen molar-refractivity contribution in [1.29, 1.82) is 0 Å². The molecule has 1 aromatic heterocycles. The predicted molar refractivity (Wildman–Crippen MR) is 63.4 cm³/mol. The summed E-state index contributed by atoms with van der Waals surface area (Å²) in [6, 6.07) is 0.0940. The average molecular weight is 209 g/mol. The molecule has 0 radical (unpaired) electrons. The van der Waals surface area contributed by atoms with E-state index in [1.165, 1.54) is 6.42 Å². The van der Waals surface area contributed by atoms with Crippen LogP contribution in [0.3, 0.4) is 0 Å². The van der Waals surface area contributed by atoms with Gasteiger partial charge in [-0.05, 0) is 11.8 Å². The van der Waals surface area contributed by atoms with Crippen LogP contribution in [0.25, 0.3) is 0 Å². The summed E-state index contributed by atoms with van der Waals surface area (Å²) in [6.07, 6.45) is 4.98. The van der Waals surface area contributed by atoms with Gasteiger partial charge in [0.1, 0.15) is 0 Å². The molecule has 3 heteroatoms. The van der Waals surface area contributed by atoms with Crippen LogP contribution in [0.15, 0.2) is 12.5 Å². The van der Waals surface area contributed by atoms with Crippen LogP contribution in [0.2, 0.25) is 0 Å². The summed E-state index contributed by atoms with van der Waals surface area (Å²) in [4.78, 5) is 4.20. The Morgan fingerprint density at radius 1 is 1.40 bits per heavy atom. The number of rotatable bonds is 5. The minimum atomic E-state index is 0.0940. The van der Waals surface area contributed by atoms with Gasteiger partial charge in [-0.1, -0.05) is 34.1 Å². The molecule has 3 nitrogen and oxygen atoms in total. The predicted octanol–water partition coefficient (Wildman–Crippen LogP) is 2.59. The molecule has 0 saturated carbocycles. The van der Waals surface area contributed by atoms with E-state index in [1.54, 1.807) is 0 Å². The molecule has 2 unspecified atom stereocenters. The SMILES string of the molecule is CCC(C)Cn1cncc1C(N)C(C)C. The van der Waals surface area contributed by atoms with Crippen LogP contribution in [0.5, 0.6) is 0 Å². The first-order valence-electron chi connectivity index (χ1n) is 5.81. The Labute approximate surface area is 92.7 Å². The van der Waals surface area contributed by atoms with Crippen molar-refractivity contribution in [3.05, 3.63) is 18.2 Å². The van der Waals surface area contributed by atoms with Crippen LogP contribution in [0, 0.1) is 11.8 Å². The van der Waals surface area contributed by atoms with Gasteiger partial charge in [0, 0.05) is 18.8 Å². The third-order valence-electron chi connectivity index (χ3n) is 3.01. The fraction of sp³-hybridized carbons (Fsp3) is 0.750. The van der Waals surface area contributed by atoms with Gasteiger partial charge >= 0.3 is 0 Å². The van der Waals surface area contributed by atoms with Crippen LogP contribution >= 0.6 is 0 Å². The molecule has 86 valence electrons. The van der Waals surface area contributed by atoms with Crippen molar-refractivity contribution in [3.63, 3.8) is 0 Å². The molecule has 2 atom stereocenters. The highest BCUT2D eigenvalue weighted by Gasteiger charge is 2.15. The van der Waals surface area contributed by atoms with E-state index in [0.717, 1.165) is 12.2 Å². The van der Waals surface area contributed by atoms with Gasteiger partial charge in [0.25, 0.3) is 0 Å². The van der Waals surface area contributed by atoms with Crippen LogP contribution in [-0.4, -0.2) is 9.55 Å². The molecule has 0 bridgehead atoms. The Kier molecular flexibility index (Phi) is 4.33. The summed E-state index contributed by atoms with van der Waals surface area (Å²) in [6.45, 7) is 9.77. The highest BCUT2D eigenvalue weighted by molar-refractivity contribution is 5.05. The number of nitrogens with two attached hydrogens (primary N) is 1. The largest absolute Gasteiger partial charge is 0.333 e. The molecule has 0 saturated heterocycles. The maximum absolute atomic E-state index is 6.14. The second-order valence-electron chi connectivity index (χ2n) is 4.75. The van der Waals surface area contributed by atoms with E-state index in [4.69, 9.17) is 5.73 Å². The first kappa shape index (κ1) is 12.2. The van der Waals surface area contributed by atoms with Crippen LogP contribution in [0.4, 0.5) is 0 Å². The lowest BCUT2D eigenvalue weighted by Gasteiger charge is -2.19. The first-order chi connectivity index (χ1) is 7.06. The average Bonchev–Trinajstić information content (AvgIpc) is 2.64. The maximum Gasteiger partial charge on any atom is 0.0948 e. The fourth-order valence-corrected chi connectivity index (χ4v) is 1.57. The summed E-state index contributed by atoms with van der Waals surface area (Å²) in [5.74, 6) is 1.13. The van der Waals surface area contributed by atoms with Crippen molar-refractivity contribution in [3.8, 4) is 0 Å². The molecule has 1 heterocycles. The molecule has 15 heavy (non-hydrogen) atoms. The Hall–Kier alpha value is -0.830. The Balaban J connectivity index is 2.77. The third kappa shape index (κ3) is 3.06. The molecule has 2 N–H and O–H groups in total. The number of hydrogen-bond acceptors (Lipinski definition) is 2. The minimum Gasteiger partial charge on any atom is -0.333 e. The second-order valence-corrected chi connectivity index (χ2v) is 4.75. The Morgan fingerprint density at radius 3 is 2.60 bits per heavy atom. The van der Waals surface area contributed by atoms with Gasteiger partial charge in [-0.3, -0.25) is 0 Å². The van der Waals surface area contributed by atoms with Gasteiger partial charge in [0.05, 0.1) is 12.0 Å². The molecule has 0 spiro atoms. The summed E-state index contributed by atoms with van der Waals surface area (Å²) in [5.41, 5.74) is 7.30. The Bertz CT molecular complexity index is 291. The van der Waals surface area contributed by atoms with E-state index in [2.05, 4.69) is 37.2 Å². The van der Waals surface area contributed by atoms with Gasteiger partial charge in [-0.15, -0.1) is 0 Å². The topological polar surface area (TPSA) is 43.8 Å². The van der Waals surface area contributed by atoms with Gasteiger partial charge in [-0.2, -0.15) is 0 Å². The van der Waals surface area contributed by atoms with Gasteiger partial charge in [0.15, 0.2) is 0 Å². The van der Waals surface area contributed by atoms with Gasteiger partial charge in [-0.25, -0.2) is 4.98 Å². The molecule has 1 rings (SSSR count). The van der Waals surface area contributed by atoms with E-state index in [-0.39, 0.29) is 6.04 Å². The zero-order valence-corrected chi connectivity index (χ0v) is 10.3. The third-order valence-corrected chi connectivity index (χ3v) is 3.01. The fourth-order valence-electron chi connectivity index (χ4n) is 1.57. The lowest BCUT2D eigenvalue weighted by Crippen LogP contribution is -2.21. The summed E-state index contributed by atoms with van der Waals surface area (Å²) < 4.78 is 2.19. The van der Waals surface area contributed by atoms with Crippen molar-refractivity contribution < 1.29 is 0 Å². The summed E-state index contributed by atoms with van der Waals surface area (Å²) >= 11 is 0. The normalized spacial score (nSPS) is 15.6. The zero-order valence-electron chi connectivity index (χ0n) is 10.3. The monoisotopic (exact) mass is 209 g/mol. The quantitative estimate of drug-likeness (QED) is 0.810. The molecular formula is C12H23N3. The second kappa shape index (κ2) is 5.31. The van der Waals surface area contributed by atoms with E-state index in [9.17, 15) is 0 Å². The summed E-state index contributed by atoms with van der Waals surface area (Å²) in [7, 11) is 0. The van der Waals surface area contributed by atoms with E-state index >= 15 is 0 Å². The Morgan fingerprint density at radius 2 is 2.07 bits per heavy atom. The number of nitrogens with zero attached hydrogens (tertiary/aromatic N) is 2. The molecule has 0 aliphatic heterocycles. The molecule has 0 fully saturated rings. The highest BCUT2D eigenvalue weighted by Crippen LogP contribution is 2.19. The van der Waals surface area contributed by atoms with Gasteiger partial charge in [0.2, 0.25) is 0 Å². The van der Waals surface area contributed by atoms with Crippen molar-refractivity contribution in [1.82, 2.24) is 9.55 Å². The van der Waals surface area contributed by atoms with Crippen molar-refractivity contribution in [2.75, 3.05) is 0 Å². The van der Waals surface area contributed by atoms with E-state index in [0.29, 0.717) is 11.8 Å². The van der Waals surface area contributed by atoms with Crippen LogP contribution in [0.1, 0.15) is 45.9 Å². The smallest absolute Gasteiger partial charge is 0.0948 e. The maximum atomic E-state index is 6.14. The standard InChI is InChI=1S/C12H23N3/c1-5-10(4)7-15-8-14-6-11(15)12(13)9(2)3/h6,8-10,12H,5,7,13H2,1-4H3. The minimum absolute atomic E-state index is 0.0940. The lowest BCUT2D eigenvalue weighted by atomic mass is 10.0. The summed E-state index contributed by atoms with van der Waals surface area (Å²) in [5, 5.41) is 0.